The maximum Gasteiger partial charge on any atom is 0.324 e. The standard InChI is InChI=1S/C28H33F2N9O4/c1-19(37-11-12-38(26(37)41)21-6-8-22(9-7-21)39-15-31-33-34-39)28(42,23-10-5-20(29)13-24(23)30)14-36-17-35(16-32-36)18-43-25(40)27(2,3)4/h5-10,13,15-16,19,42H,11-12,14,17-18H2,1-4H3/t19-,28+/m1/s1. The molecule has 2 aromatic carbocycles. The highest BCUT2D eigenvalue weighted by Gasteiger charge is 2.47. The number of aromatic nitrogens is 4. The Morgan fingerprint density at radius 3 is 2.47 bits per heavy atom. The van der Waals surface area contributed by atoms with Crippen molar-refractivity contribution in [3.8, 4) is 5.69 Å². The van der Waals surface area contributed by atoms with Crippen molar-refractivity contribution in [2.75, 3.05) is 37.9 Å². The number of benzene rings is 2. The number of esters is 1. The van der Waals surface area contributed by atoms with E-state index >= 15 is 4.39 Å². The van der Waals surface area contributed by atoms with E-state index in [2.05, 4.69) is 20.6 Å². The van der Waals surface area contributed by atoms with Crippen molar-refractivity contribution < 1.29 is 28.2 Å². The van der Waals surface area contributed by atoms with E-state index in [0.29, 0.717) is 24.0 Å². The van der Waals surface area contributed by atoms with Gasteiger partial charge in [-0.15, -0.1) is 5.10 Å². The van der Waals surface area contributed by atoms with Gasteiger partial charge < -0.3 is 19.6 Å². The molecule has 13 nitrogen and oxygen atoms in total. The van der Waals surface area contributed by atoms with Crippen LogP contribution in [0.2, 0.25) is 0 Å². The summed E-state index contributed by atoms with van der Waals surface area (Å²) in [5.74, 6) is -2.13. The minimum absolute atomic E-state index is 0.0687. The molecule has 43 heavy (non-hydrogen) atoms. The number of carbonyl (C=O) groups is 2. The first-order valence-corrected chi connectivity index (χ1v) is 13.7. The molecule has 0 radical (unpaired) electrons. The first-order chi connectivity index (χ1) is 20.4. The number of anilines is 1. The summed E-state index contributed by atoms with van der Waals surface area (Å²) in [5.41, 5.74) is -1.52. The number of hydrogen-bond donors (Lipinski definition) is 1. The van der Waals surface area contributed by atoms with Crippen molar-refractivity contribution in [1.29, 1.82) is 0 Å². The Morgan fingerprint density at radius 1 is 1.09 bits per heavy atom. The fraction of sp³-hybridized carbons (Fsp3) is 0.429. The number of ether oxygens (including phenoxy) is 1. The van der Waals surface area contributed by atoms with Gasteiger partial charge in [0, 0.05) is 30.4 Å². The van der Waals surface area contributed by atoms with Crippen LogP contribution in [-0.2, 0) is 15.1 Å². The van der Waals surface area contributed by atoms with Gasteiger partial charge in [-0.25, -0.2) is 18.3 Å². The number of halogens is 2. The topological polar surface area (TPSA) is 133 Å². The van der Waals surface area contributed by atoms with E-state index in [1.54, 1.807) is 61.8 Å². The number of hydrogen-bond acceptors (Lipinski definition) is 10. The number of tetrazole rings is 1. The van der Waals surface area contributed by atoms with Crippen molar-refractivity contribution in [2.24, 2.45) is 10.5 Å². The zero-order chi connectivity index (χ0) is 30.9. The molecule has 2 aliphatic heterocycles. The summed E-state index contributed by atoms with van der Waals surface area (Å²) in [4.78, 5) is 30.4. The van der Waals surface area contributed by atoms with Crippen LogP contribution in [0.4, 0.5) is 19.3 Å². The Morgan fingerprint density at radius 2 is 1.81 bits per heavy atom. The molecule has 3 aromatic rings. The molecule has 2 aliphatic rings. The SMILES string of the molecule is C[C@@H](N1CCN(c2ccc(-n3cnnn3)cc2)C1=O)[C@@](O)(CN1CN(COC(=O)C(C)(C)C)C=N1)c1ccc(F)cc1F. The van der Waals surface area contributed by atoms with E-state index in [-0.39, 0.29) is 44.1 Å². The third kappa shape index (κ3) is 6.11. The number of carbonyl (C=O) groups excluding carboxylic acids is 2. The molecule has 0 aliphatic carbocycles. The van der Waals surface area contributed by atoms with Crippen molar-refractivity contribution in [2.45, 2.75) is 39.3 Å². The Bertz CT molecular complexity index is 1500. The Balaban J connectivity index is 1.34. The Kier molecular flexibility index (Phi) is 8.01. The minimum atomic E-state index is -2.00. The number of β-amino-alcohol motifs (C(OH)–C–C–N with tert-alkyl or cyclic N) is 1. The lowest BCUT2D eigenvalue weighted by atomic mass is 9.85. The van der Waals surface area contributed by atoms with E-state index < -0.39 is 28.7 Å². The van der Waals surface area contributed by atoms with E-state index in [9.17, 15) is 19.1 Å². The predicted octanol–water partition coefficient (Wildman–Crippen LogP) is 2.52. The van der Waals surface area contributed by atoms with E-state index in [4.69, 9.17) is 4.74 Å². The maximum absolute atomic E-state index is 15.2. The zero-order valence-corrected chi connectivity index (χ0v) is 24.3. The van der Waals surface area contributed by atoms with Gasteiger partial charge in [0.15, 0.2) is 6.73 Å². The molecule has 3 heterocycles. The van der Waals surface area contributed by atoms with Crippen molar-refractivity contribution in [3.05, 3.63) is 66.0 Å². The minimum Gasteiger partial charge on any atom is -0.444 e. The van der Waals surface area contributed by atoms with Crippen LogP contribution in [0.5, 0.6) is 0 Å². The van der Waals surface area contributed by atoms with Gasteiger partial charge in [0.1, 0.15) is 36.6 Å². The van der Waals surface area contributed by atoms with Gasteiger partial charge in [0.2, 0.25) is 0 Å². The van der Waals surface area contributed by atoms with Gasteiger partial charge in [-0.3, -0.25) is 14.7 Å². The van der Waals surface area contributed by atoms with Crippen LogP contribution in [0.15, 0.2) is 53.9 Å². The van der Waals surface area contributed by atoms with Crippen molar-refractivity contribution >= 4 is 24.0 Å². The summed E-state index contributed by atoms with van der Waals surface area (Å²) < 4.78 is 35.9. The normalized spacial score (nSPS) is 17.5. The zero-order valence-electron chi connectivity index (χ0n) is 24.3. The number of aliphatic hydroxyl groups is 1. The van der Waals surface area contributed by atoms with Crippen molar-refractivity contribution in [1.82, 2.24) is 35.0 Å². The number of hydrazone groups is 1. The molecule has 1 fully saturated rings. The Hall–Kier alpha value is -4.66. The molecule has 228 valence electrons. The lowest BCUT2D eigenvalue weighted by Crippen LogP contribution is -2.55. The summed E-state index contributed by atoms with van der Waals surface area (Å²) in [7, 11) is 0. The number of amides is 2. The second-order valence-corrected chi connectivity index (χ2v) is 11.6. The van der Waals surface area contributed by atoms with Crippen molar-refractivity contribution in [3.63, 3.8) is 0 Å². The number of rotatable bonds is 9. The van der Waals surface area contributed by atoms with Gasteiger partial charge in [-0.1, -0.05) is 6.07 Å². The van der Waals surface area contributed by atoms with Gasteiger partial charge in [0.25, 0.3) is 0 Å². The molecule has 0 unspecified atom stereocenters. The molecule has 5 rings (SSSR count). The Labute approximate surface area is 246 Å². The first kappa shape index (κ1) is 29.8. The van der Waals surface area contributed by atoms with Crippen LogP contribution in [-0.4, -0.2) is 97.5 Å². The molecular weight excluding hydrogens is 564 g/mol. The third-order valence-electron chi connectivity index (χ3n) is 7.49. The molecule has 1 N–H and O–H groups in total. The molecule has 1 aromatic heterocycles. The van der Waals surface area contributed by atoms with Crippen LogP contribution >= 0.6 is 0 Å². The molecule has 0 saturated carbocycles. The highest BCUT2D eigenvalue weighted by molar-refractivity contribution is 5.94. The molecular formula is C28H33F2N9O4. The average molecular weight is 598 g/mol. The van der Waals surface area contributed by atoms with Gasteiger partial charge in [-0.05, 0) is 68.5 Å². The van der Waals surface area contributed by atoms with Gasteiger partial charge >= 0.3 is 12.0 Å². The molecule has 0 bridgehead atoms. The van der Waals surface area contributed by atoms with Gasteiger partial charge in [0.05, 0.1) is 23.7 Å². The quantitative estimate of drug-likeness (QED) is 0.370. The van der Waals surface area contributed by atoms with Gasteiger partial charge in [-0.2, -0.15) is 5.10 Å². The second kappa shape index (κ2) is 11.6. The maximum atomic E-state index is 15.2. The van der Waals surface area contributed by atoms with Crippen LogP contribution in [0.25, 0.3) is 5.69 Å². The summed E-state index contributed by atoms with van der Waals surface area (Å²) in [6.45, 7) is 7.24. The molecule has 1 saturated heterocycles. The van der Waals surface area contributed by atoms with E-state index in [1.165, 1.54) is 33.3 Å². The fourth-order valence-corrected chi connectivity index (χ4v) is 4.99. The highest BCUT2D eigenvalue weighted by Crippen LogP contribution is 2.35. The molecule has 15 heteroatoms. The summed E-state index contributed by atoms with van der Waals surface area (Å²) in [5, 5.41) is 29.0. The van der Waals surface area contributed by atoms with Crippen LogP contribution in [0, 0.1) is 17.0 Å². The second-order valence-electron chi connectivity index (χ2n) is 11.6. The monoisotopic (exact) mass is 597 g/mol. The average Bonchev–Trinajstić information content (AvgIpc) is 3.73. The molecule has 2 atom stereocenters. The van der Waals surface area contributed by atoms with Crippen LogP contribution in [0.3, 0.4) is 0 Å². The highest BCUT2D eigenvalue weighted by atomic mass is 19.1. The fourth-order valence-electron chi connectivity index (χ4n) is 4.99. The number of nitrogens with zero attached hydrogens (tertiary/aromatic N) is 9. The number of urea groups is 1. The first-order valence-electron chi connectivity index (χ1n) is 13.7. The lowest BCUT2D eigenvalue weighted by Gasteiger charge is -2.41. The molecule has 2 amide bonds. The van der Waals surface area contributed by atoms with E-state index in [1.807, 2.05) is 0 Å². The predicted molar refractivity (Wildman–Crippen MR) is 151 cm³/mol. The summed E-state index contributed by atoms with van der Waals surface area (Å²) >= 11 is 0. The lowest BCUT2D eigenvalue weighted by molar-refractivity contribution is -0.156. The van der Waals surface area contributed by atoms with E-state index in [0.717, 1.165) is 6.07 Å². The smallest absolute Gasteiger partial charge is 0.324 e. The van der Waals surface area contributed by atoms with Crippen LogP contribution in [0.1, 0.15) is 33.3 Å². The molecule has 0 spiro atoms. The van der Waals surface area contributed by atoms with Crippen LogP contribution < -0.4 is 4.90 Å². The third-order valence-corrected chi connectivity index (χ3v) is 7.49. The summed E-state index contributed by atoms with van der Waals surface area (Å²) in [6.07, 6.45) is 2.90. The largest absolute Gasteiger partial charge is 0.444 e. The summed E-state index contributed by atoms with van der Waals surface area (Å²) in [6, 6.07) is 8.66.